The zero-order valence-corrected chi connectivity index (χ0v) is 30.6. The van der Waals surface area contributed by atoms with Crippen molar-refractivity contribution in [2.45, 2.75) is 79.8 Å². The highest BCUT2D eigenvalue weighted by molar-refractivity contribution is 6.32. The number of phenolic OH excluding ortho intramolecular Hbond substituents is 1. The number of aliphatic hydroxyl groups excluding tert-OH is 4. The van der Waals surface area contributed by atoms with Gasteiger partial charge in [-0.25, -0.2) is 0 Å². The van der Waals surface area contributed by atoms with Gasteiger partial charge in [0.15, 0.2) is 11.6 Å². The minimum absolute atomic E-state index is 0.00621. The van der Waals surface area contributed by atoms with E-state index in [0.29, 0.717) is 0 Å². The van der Waals surface area contributed by atoms with E-state index in [1.54, 1.807) is 19.9 Å². The number of ketones is 3. The molecule has 2 heterocycles. The van der Waals surface area contributed by atoms with Crippen LogP contribution in [0.4, 0.5) is 0 Å². The van der Waals surface area contributed by atoms with Gasteiger partial charge in [-0.3, -0.25) is 24.0 Å². The van der Waals surface area contributed by atoms with Crippen molar-refractivity contribution in [1.82, 2.24) is 5.32 Å². The van der Waals surface area contributed by atoms with Crippen LogP contribution in [0.2, 0.25) is 0 Å². The molecule has 0 radical (unpaired) electrons. The summed E-state index contributed by atoms with van der Waals surface area (Å²) in [6, 6.07) is 0. The number of aliphatic hydroxyl groups is 4. The van der Waals surface area contributed by atoms with Crippen LogP contribution in [0.1, 0.15) is 85.1 Å². The summed E-state index contributed by atoms with van der Waals surface area (Å²) in [7, 11) is 2.31. The molecule has 1 aromatic rings. The maximum Gasteiger partial charge on any atom is 0.313 e. The number of allylic oxidation sites excluding steroid dienone is 5. The Labute approximate surface area is 297 Å². The van der Waals surface area contributed by atoms with Crippen LogP contribution < -0.4 is 10.1 Å². The van der Waals surface area contributed by atoms with Gasteiger partial charge in [0.05, 0.1) is 61.0 Å². The molecule has 1 aliphatic carbocycles. The number of hydrogen-bond acceptors (Lipinski definition) is 12. The predicted molar refractivity (Wildman–Crippen MR) is 186 cm³/mol. The Morgan fingerprint density at radius 3 is 1.80 bits per heavy atom. The Kier molecular flexibility index (Phi) is 13.1. The summed E-state index contributed by atoms with van der Waals surface area (Å²) in [6.45, 7) is 11.7. The number of carbonyl (C=O) groups is 5. The molecule has 51 heavy (non-hydrogen) atoms. The number of ether oxygens (including phenoxy) is 2. The number of methoxy groups -OCH3 is 2. The lowest BCUT2D eigenvalue weighted by atomic mass is 9.76. The van der Waals surface area contributed by atoms with E-state index in [4.69, 9.17) is 9.47 Å². The molecule has 9 atom stereocenters. The third-order valence-electron chi connectivity index (χ3n) is 10.2. The Hall–Kier alpha value is -4.43. The number of carbonyl (C=O) groups excluding carboxylic acids is 5. The minimum Gasteiger partial charge on any atom is -0.507 e. The lowest BCUT2D eigenvalue weighted by molar-refractivity contribution is -0.164. The predicted octanol–water partition coefficient (Wildman–Crippen LogP) is 2.90. The van der Waals surface area contributed by atoms with Crippen LogP contribution in [0.15, 0.2) is 46.7 Å². The van der Waals surface area contributed by atoms with Crippen LogP contribution >= 0.6 is 0 Å². The van der Waals surface area contributed by atoms with E-state index in [9.17, 15) is 49.5 Å². The van der Waals surface area contributed by atoms with Crippen LogP contribution in [0, 0.1) is 36.5 Å². The van der Waals surface area contributed by atoms with E-state index in [-0.39, 0.29) is 39.3 Å². The first-order valence-corrected chi connectivity index (χ1v) is 16.7. The van der Waals surface area contributed by atoms with Crippen LogP contribution in [0.3, 0.4) is 0 Å². The molecule has 0 unspecified atom stereocenters. The van der Waals surface area contributed by atoms with Crippen molar-refractivity contribution in [3.05, 3.63) is 69.0 Å². The van der Waals surface area contributed by atoms with Gasteiger partial charge in [-0.2, -0.15) is 0 Å². The summed E-state index contributed by atoms with van der Waals surface area (Å²) < 4.78 is 10.4. The topological polar surface area (TPSA) is 217 Å². The number of nitrogens with one attached hydrogen (secondary N) is 1. The first-order valence-electron chi connectivity index (χ1n) is 16.7. The van der Waals surface area contributed by atoms with E-state index in [1.165, 1.54) is 66.9 Å². The monoisotopic (exact) mass is 711 g/mol. The second-order valence-corrected chi connectivity index (χ2v) is 13.6. The first-order chi connectivity index (χ1) is 23.7. The third-order valence-corrected chi connectivity index (χ3v) is 10.2. The van der Waals surface area contributed by atoms with Crippen molar-refractivity contribution in [3.63, 3.8) is 0 Å². The smallest absolute Gasteiger partial charge is 0.313 e. The molecule has 278 valence electrons. The second kappa shape index (κ2) is 16.3. The van der Waals surface area contributed by atoms with Crippen molar-refractivity contribution in [1.29, 1.82) is 0 Å². The number of rotatable bonds is 2. The molecule has 13 heteroatoms. The number of fused-ring (bicyclic) bond motifs is 15. The molecule has 0 saturated carbocycles. The van der Waals surface area contributed by atoms with E-state index < -0.39 is 100 Å². The quantitative estimate of drug-likeness (QED) is 0.244. The van der Waals surface area contributed by atoms with Crippen LogP contribution in [0.25, 0.3) is 0 Å². The van der Waals surface area contributed by atoms with Crippen molar-refractivity contribution in [2.24, 2.45) is 29.6 Å². The largest absolute Gasteiger partial charge is 0.507 e. The van der Waals surface area contributed by atoms with Gasteiger partial charge in [-0.15, -0.1) is 0 Å². The zero-order valence-electron chi connectivity index (χ0n) is 30.6. The molecule has 0 saturated heterocycles. The highest BCUT2D eigenvalue weighted by Crippen LogP contribution is 2.43. The number of esters is 1. The van der Waals surface area contributed by atoms with E-state index in [0.717, 1.165) is 7.11 Å². The molecule has 3 aliphatic rings. The molecular formula is C38H49NO12. The number of phenols is 1. The van der Waals surface area contributed by atoms with Gasteiger partial charge in [0.1, 0.15) is 17.4 Å². The highest BCUT2D eigenvalue weighted by atomic mass is 16.5. The molecule has 4 bridgehead atoms. The summed E-state index contributed by atoms with van der Waals surface area (Å²) in [4.78, 5) is 68.1. The number of benzene rings is 1. The van der Waals surface area contributed by atoms with E-state index >= 15 is 0 Å². The Morgan fingerprint density at radius 2 is 1.27 bits per heavy atom. The van der Waals surface area contributed by atoms with Gasteiger partial charge in [-0.1, -0.05) is 52.0 Å². The lowest BCUT2D eigenvalue weighted by Crippen LogP contribution is -2.50. The number of Topliss-reactive ketones (excluding diaryl/α,β-unsaturated/α-hetero) is 3. The van der Waals surface area contributed by atoms with Crippen LogP contribution in [-0.4, -0.2) is 93.4 Å². The summed E-state index contributed by atoms with van der Waals surface area (Å²) in [6.07, 6.45) is -0.100. The van der Waals surface area contributed by atoms with Crippen molar-refractivity contribution in [2.75, 3.05) is 14.2 Å². The summed E-state index contributed by atoms with van der Waals surface area (Å²) in [5.74, 6) is -10.1. The molecule has 6 N–H and O–H groups in total. The fraction of sp³-hybridized carbons (Fsp3) is 0.500. The average Bonchev–Trinajstić information content (AvgIpc) is 3.10. The van der Waals surface area contributed by atoms with Crippen LogP contribution in [-0.2, 0) is 14.3 Å². The average molecular weight is 712 g/mol. The molecule has 0 aromatic heterocycles. The van der Waals surface area contributed by atoms with Crippen molar-refractivity contribution < 1.29 is 59.0 Å². The van der Waals surface area contributed by atoms with Crippen molar-refractivity contribution >= 4 is 29.2 Å². The minimum atomic E-state index is -1.67. The van der Waals surface area contributed by atoms with Gasteiger partial charge in [-0.05, 0) is 33.3 Å². The van der Waals surface area contributed by atoms with E-state index in [2.05, 4.69) is 5.32 Å². The highest BCUT2D eigenvalue weighted by Gasteiger charge is 2.45. The van der Waals surface area contributed by atoms with Gasteiger partial charge in [0.2, 0.25) is 5.78 Å². The molecular weight excluding hydrogens is 662 g/mol. The maximum atomic E-state index is 14.2. The first kappa shape index (κ1) is 41.0. The fourth-order valence-corrected chi connectivity index (χ4v) is 6.68. The molecule has 0 spiro atoms. The molecule has 2 aliphatic heterocycles. The summed E-state index contributed by atoms with van der Waals surface area (Å²) >= 11 is 0. The molecule has 1 aromatic carbocycles. The third kappa shape index (κ3) is 7.76. The number of hydrogen-bond donors (Lipinski definition) is 6. The second-order valence-electron chi connectivity index (χ2n) is 13.6. The molecule has 1 amide bonds. The van der Waals surface area contributed by atoms with Crippen molar-refractivity contribution in [3.8, 4) is 11.5 Å². The summed E-state index contributed by atoms with van der Waals surface area (Å²) in [5, 5.41) is 58.8. The summed E-state index contributed by atoms with van der Waals surface area (Å²) in [5.41, 5.74) is -1.64. The normalized spacial score (nSPS) is 32.8. The maximum absolute atomic E-state index is 14.2. The SMILES string of the molecule is COC(=O)[C@@H]1[C@H](O)[C@H](C)[C@@H](O)[C@H](C)/C=C\C=C(/C)C(=O)NC2=C(C)C(=O)c3c(c(O)c(C)c(OC)c3C(=O)/C(C)=C/[C@@H](C)[C@@H](O)[C@@H](C)[C@H]1O)C2=O. The fourth-order valence-electron chi connectivity index (χ4n) is 6.68. The van der Waals surface area contributed by atoms with Gasteiger partial charge in [0, 0.05) is 40.4 Å². The molecule has 4 rings (SSSR count). The lowest BCUT2D eigenvalue weighted by Gasteiger charge is -2.37. The number of aromatic hydroxyl groups is 1. The van der Waals surface area contributed by atoms with Gasteiger partial charge >= 0.3 is 5.97 Å². The van der Waals surface area contributed by atoms with Crippen LogP contribution in [0.5, 0.6) is 11.5 Å². The Balaban J connectivity index is 2.31. The number of amides is 1. The van der Waals surface area contributed by atoms with Gasteiger partial charge < -0.3 is 40.3 Å². The standard InChI is InChI=1S/C38H49NO12/c1-15-12-11-13-16(2)37(48)39-27-19(5)31(43)23-24(35(27)47)34(46)22(8)36(50-9)25(23)30(42)18(4)14-17(3)29(41)21(7)33(45)26(38(49)51-10)32(44)20(6)28(15)40/h11-15,17,20-21,26,28-29,32-33,40-41,44-46H,1-10H3,(H,39,48)/b12-11-,16-13+,18-14+/t15-,17-,20-,21-,26-,28+,29-,32-,33-/m1/s1. The van der Waals surface area contributed by atoms with E-state index in [1.807, 2.05) is 0 Å². The van der Waals surface area contributed by atoms with Gasteiger partial charge in [0.25, 0.3) is 5.91 Å². The Bertz CT molecular complexity index is 1730. The molecule has 0 fully saturated rings. The zero-order chi connectivity index (χ0) is 38.8. The Morgan fingerprint density at radius 1 is 0.725 bits per heavy atom. The molecule has 13 nitrogen and oxygen atoms in total.